The highest BCUT2D eigenvalue weighted by Gasteiger charge is 2.46. The minimum Gasteiger partial charge on any atom is -0.394 e. The van der Waals surface area contributed by atoms with Crippen molar-refractivity contribution in [1.29, 1.82) is 0 Å². The maximum Gasteiger partial charge on any atom is 0.160 e. The normalized spacial score (nSPS) is 13.6. The quantitative estimate of drug-likeness (QED) is 0.0336. The number of allylic oxidation sites excluding steroid dienone is 4. The molecule has 0 bridgehead atoms. The minimum absolute atomic E-state index is 0.0795. The van der Waals surface area contributed by atoms with Crippen LogP contribution in [0.5, 0.6) is 0 Å². The molecule has 0 aromatic rings. The molecule has 0 spiro atoms. The van der Waals surface area contributed by atoms with Crippen LogP contribution in [0.25, 0.3) is 0 Å². The van der Waals surface area contributed by atoms with E-state index in [4.69, 9.17) is 0 Å². The standard InChI is InChI=1S/C44H83NO5/c1-5-7-9-11-13-15-17-19-21-23-25-27-29-31-33-35-42(49)44(45(3)4,38-37-40(47)41(48)39-46)43(50)36-34-32-30-28-26-24-22-20-18-16-14-12-10-8-6-2/h19-22,40-41,46-48H,5-18,23-39H2,1-4H3/b21-19-,22-20-. The molecule has 6 heteroatoms. The van der Waals surface area contributed by atoms with E-state index in [1.54, 1.807) is 19.0 Å². The monoisotopic (exact) mass is 706 g/mol. The lowest BCUT2D eigenvalue weighted by Crippen LogP contribution is -2.58. The Hall–Kier alpha value is -1.34. The molecule has 6 nitrogen and oxygen atoms in total. The van der Waals surface area contributed by atoms with Gasteiger partial charge in [0, 0.05) is 12.8 Å². The number of hydrogen-bond donors (Lipinski definition) is 3. The Morgan fingerprint density at radius 2 is 0.840 bits per heavy atom. The number of Topliss-reactive ketones (excluding diaryl/α,β-unsaturated/α-hetero) is 2. The molecule has 0 aromatic carbocycles. The van der Waals surface area contributed by atoms with Crippen LogP contribution >= 0.6 is 0 Å². The number of ketones is 2. The van der Waals surface area contributed by atoms with Crippen molar-refractivity contribution in [2.75, 3.05) is 20.7 Å². The molecular formula is C44H83NO5. The Morgan fingerprint density at radius 1 is 0.520 bits per heavy atom. The summed E-state index contributed by atoms with van der Waals surface area (Å²) < 4.78 is 0. The van der Waals surface area contributed by atoms with Crippen molar-refractivity contribution < 1.29 is 24.9 Å². The summed E-state index contributed by atoms with van der Waals surface area (Å²) in [5.41, 5.74) is -1.31. The molecule has 0 rings (SSSR count). The van der Waals surface area contributed by atoms with Gasteiger partial charge in [0.1, 0.15) is 11.6 Å². The molecule has 0 saturated carbocycles. The first-order valence-electron chi connectivity index (χ1n) is 21.3. The van der Waals surface area contributed by atoms with Crippen molar-refractivity contribution >= 4 is 11.6 Å². The third-order valence-electron chi connectivity index (χ3n) is 10.5. The molecule has 0 aromatic heterocycles. The molecule has 0 radical (unpaired) electrons. The molecule has 0 amide bonds. The second-order valence-corrected chi connectivity index (χ2v) is 15.1. The molecule has 0 fully saturated rings. The summed E-state index contributed by atoms with van der Waals surface area (Å²) in [5, 5.41) is 29.7. The highest BCUT2D eigenvalue weighted by molar-refractivity contribution is 6.11. The van der Waals surface area contributed by atoms with Gasteiger partial charge < -0.3 is 15.3 Å². The zero-order valence-corrected chi connectivity index (χ0v) is 33.5. The molecule has 0 aliphatic carbocycles. The lowest BCUT2D eigenvalue weighted by Gasteiger charge is -2.38. The summed E-state index contributed by atoms with van der Waals surface area (Å²) in [6.07, 6.45) is 38.7. The fourth-order valence-electron chi connectivity index (χ4n) is 6.95. The Kier molecular flexibility index (Phi) is 33.8. The second kappa shape index (κ2) is 34.7. The van der Waals surface area contributed by atoms with Crippen molar-refractivity contribution in [2.24, 2.45) is 0 Å². The van der Waals surface area contributed by atoms with Crippen LogP contribution in [0.3, 0.4) is 0 Å². The Morgan fingerprint density at radius 3 is 1.16 bits per heavy atom. The molecule has 0 aliphatic heterocycles. The molecule has 50 heavy (non-hydrogen) atoms. The fraction of sp³-hybridized carbons (Fsp3) is 0.864. The zero-order valence-electron chi connectivity index (χ0n) is 33.5. The molecular weight excluding hydrogens is 622 g/mol. The van der Waals surface area contributed by atoms with Gasteiger partial charge in [-0.05, 0) is 91.1 Å². The Balaban J connectivity index is 4.63. The summed E-state index contributed by atoms with van der Waals surface area (Å²) in [7, 11) is 3.56. The number of likely N-dealkylation sites (N-methyl/N-ethyl adjacent to an activating group) is 1. The van der Waals surface area contributed by atoms with E-state index in [-0.39, 0.29) is 24.4 Å². The lowest BCUT2D eigenvalue weighted by atomic mass is 9.78. The van der Waals surface area contributed by atoms with Gasteiger partial charge >= 0.3 is 0 Å². The van der Waals surface area contributed by atoms with E-state index >= 15 is 0 Å². The number of nitrogens with zero attached hydrogens (tertiary/aromatic N) is 1. The van der Waals surface area contributed by atoms with E-state index in [9.17, 15) is 24.9 Å². The highest BCUT2D eigenvalue weighted by Crippen LogP contribution is 2.29. The number of aliphatic hydroxyl groups is 3. The molecule has 3 N–H and O–H groups in total. The summed E-state index contributed by atoms with van der Waals surface area (Å²) >= 11 is 0. The van der Waals surface area contributed by atoms with Gasteiger partial charge in [-0.2, -0.15) is 0 Å². The number of unbranched alkanes of at least 4 members (excludes halogenated alkanes) is 22. The van der Waals surface area contributed by atoms with Gasteiger partial charge in [-0.1, -0.05) is 141 Å². The maximum absolute atomic E-state index is 13.8. The smallest absolute Gasteiger partial charge is 0.160 e. The Labute approximate surface area is 310 Å². The molecule has 294 valence electrons. The van der Waals surface area contributed by atoms with Crippen LogP contribution in [-0.4, -0.2) is 70.2 Å². The van der Waals surface area contributed by atoms with Gasteiger partial charge in [-0.25, -0.2) is 0 Å². The van der Waals surface area contributed by atoms with Gasteiger partial charge in [0.2, 0.25) is 0 Å². The van der Waals surface area contributed by atoms with Crippen molar-refractivity contribution in [2.45, 2.75) is 224 Å². The van der Waals surface area contributed by atoms with Crippen molar-refractivity contribution in [1.82, 2.24) is 4.90 Å². The van der Waals surface area contributed by atoms with Crippen LogP contribution in [0.1, 0.15) is 206 Å². The number of rotatable bonds is 38. The molecule has 2 atom stereocenters. The van der Waals surface area contributed by atoms with E-state index in [0.717, 1.165) is 64.2 Å². The third kappa shape index (κ3) is 24.8. The van der Waals surface area contributed by atoms with Crippen LogP contribution in [0, 0.1) is 0 Å². The van der Waals surface area contributed by atoms with Crippen LogP contribution in [-0.2, 0) is 9.59 Å². The topological polar surface area (TPSA) is 98.1 Å². The van der Waals surface area contributed by atoms with E-state index in [1.807, 2.05) is 0 Å². The first-order valence-corrected chi connectivity index (χ1v) is 21.3. The number of hydrogen-bond acceptors (Lipinski definition) is 6. The van der Waals surface area contributed by atoms with Gasteiger partial charge in [-0.3, -0.25) is 14.5 Å². The van der Waals surface area contributed by atoms with Gasteiger partial charge in [0.05, 0.1) is 12.7 Å². The number of aliphatic hydroxyl groups excluding tert-OH is 3. The largest absolute Gasteiger partial charge is 0.394 e. The summed E-state index contributed by atoms with van der Waals surface area (Å²) in [6.45, 7) is 3.96. The van der Waals surface area contributed by atoms with Gasteiger partial charge in [-0.15, -0.1) is 0 Å². The maximum atomic E-state index is 13.8. The first-order chi connectivity index (χ1) is 24.3. The molecule has 0 heterocycles. The Bertz CT molecular complexity index is 786. The summed E-state index contributed by atoms with van der Waals surface area (Å²) in [6, 6.07) is 0. The third-order valence-corrected chi connectivity index (χ3v) is 10.5. The van der Waals surface area contributed by atoms with Crippen LogP contribution in [0.4, 0.5) is 0 Å². The van der Waals surface area contributed by atoms with Gasteiger partial charge in [0.25, 0.3) is 0 Å². The van der Waals surface area contributed by atoms with E-state index < -0.39 is 24.4 Å². The highest BCUT2D eigenvalue weighted by atomic mass is 16.4. The molecule has 0 aliphatic rings. The summed E-state index contributed by atoms with van der Waals surface area (Å²) in [5.74, 6) is -0.160. The number of carbonyl (C=O) groups is 2. The van der Waals surface area contributed by atoms with Gasteiger partial charge in [0.15, 0.2) is 11.6 Å². The first kappa shape index (κ1) is 48.7. The average molecular weight is 706 g/mol. The van der Waals surface area contributed by atoms with Crippen molar-refractivity contribution in [3.05, 3.63) is 24.3 Å². The van der Waals surface area contributed by atoms with Crippen LogP contribution < -0.4 is 0 Å². The second-order valence-electron chi connectivity index (χ2n) is 15.1. The lowest BCUT2D eigenvalue weighted by molar-refractivity contribution is -0.143. The predicted octanol–water partition coefficient (Wildman–Crippen LogP) is 11.0. The zero-order chi connectivity index (χ0) is 37.1. The SMILES string of the molecule is CCCCCCCC/C=C\CCCCCCCC(=O)C(CCC(O)C(O)CO)(C(=O)CCCCCCC/C=C\CCCCCCCC)N(C)C. The number of carbonyl (C=O) groups excluding carboxylic acids is 2. The summed E-state index contributed by atoms with van der Waals surface area (Å²) in [4.78, 5) is 29.4. The van der Waals surface area contributed by atoms with E-state index in [1.165, 1.54) is 103 Å². The van der Waals surface area contributed by atoms with E-state index in [2.05, 4.69) is 38.2 Å². The predicted molar refractivity (Wildman–Crippen MR) is 214 cm³/mol. The van der Waals surface area contributed by atoms with E-state index in [0.29, 0.717) is 12.8 Å². The average Bonchev–Trinajstić information content (AvgIpc) is 3.11. The van der Waals surface area contributed by atoms with Crippen LogP contribution in [0.15, 0.2) is 24.3 Å². The van der Waals surface area contributed by atoms with Crippen LogP contribution in [0.2, 0.25) is 0 Å². The molecule has 0 saturated heterocycles. The minimum atomic E-state index is -1.31. The van der Waals surface area contributed by atoms with Crippen molar-refractivity contribution in [3.63, 3.8) is 0 Å². The fourth-order valence-corrected chi connectivity index (χ4v) is 6.95. The van der Waals surface area contributed by atoms with Crippen molar-refractivity contribution in [3.8, 4) is 0 Å². The molecule has 2 unspecified atom stereocenters.